The van der Waals surface area contributed by atoms with Crippen LogP contribution in [0, 0.1) is 0 Å². The zero-order valence-corrected chi connectivity index (χ0v) is 17.6. The van der Waals surface area contributed by atoms with Gasteiger partial charge in [-0.05, 0) is 64.4 Å². The number of likely N-dealkylation sites (N-methyl/N-ethyl adjacent to an activating group) is 1. The van der Waals surface area contributed by atoms with Crippen molar-refractivity contribution >= 4 is 17.6 Å². The van der Waals surface area contributed by atoms with Gasteiger partial charge in [0, 0.05) is 42.3 Å². The van der Waals surface area contributed by atoms with Crippen LogP contribution in [-0.4, -0.2) is 63.3 Å². The fourth-order valence-corrected chi connectivity index (χ4v) is 4.05. The Morgan fingerprint density at radius 1 is 1.19 bits per heavy atom. The largest absolute Gasteiger partial charge is 0.381 e. The highest BCUT2D eigenvalue weighted by Crippen LogP contribution is 2.48. The summed E-state index contributed by atoms with van der Waals surface area (Å²) >= 11 is 6.20. The second-order valence-electron chi connectivity index (χ2n) is 8.07. The van der Waals surface area contributed by atoms with Crippen LogP contribution in [0.5, 0.6) is 0 Å². The summed E-state index contributed by atoms with van der Waals surface area (Å²) in [4.78, 5) is 7.26. The SMILES string of the molecule is CCNC(=NCC1(N(C)C)CCOCC1)NCC1(c2cccc(Cl)c2)CC1. The number of aliphatic imine (C=N–C) groups is 1. The summed E-state index contributed by atoms with van der Waals surface area (Å²) in [5.74, 6) is 0.901. The molecule has 3 rings (SSSR count). The average molecular weight is 393 g/mol. The van der Waals surface area contributed by atoms with Crippen molar-refractivity contribution in [1.82, 2.24) is 15.5 Å². The molecule has 0 spiro atoms. The normalized spacial score (nSPS) is 21.1. The van der Waals surface area contributed by atoms with Gasteiger partial charge in [0.15, 0.2) is 5.96 Å². The monoisotopic (exact) mass is 392 g/mol. The highest BCUT2D eigenvalue weighted by Gasteiger charge is 2.44. The maximum atomic E-state index is 6.20. The van der Waals surface area contributed by atoms with Crippen molar-refractivity contribution in [2.45, 2.75) is 43.6 Å². The summed E-state index contributed by atoms with van der Waals surface area (Å²) in [5.41, 5.74) is 1.61. The van der Waals surface area contributed by atoms with Gasteiger partial charge in [0.05, 0.1) is 6.54 Å². The molecule has 0 radical (unpaired) electrons. The molecule has 1 heterocycles. The molecular weight excluding hydrogens is 360 g/mol. The Morgan fingerprint density at radius 3 is 2.52 bits per heavy atom. The highest BCUT2D eigenvalue weighted by molar-refractivity contribution is 6.30. The number of ether oxygens (including phenoxy) is 1. The van der Waals surface area contributed by atoms with Crippen LogP contribution in [-0.2, 0) is 10.2 Å². The number of rotatable bonds is 7. The van der Waals surface area contributed by atoms with Crippen LogP contribution in [0.3, 0.4) is 0 Å². The van der Waals surface area contributed by atoms with E-state index in [4.69, 9.17) is 21.3 Å². The van der Waals surface area contributed by atoms with Gasteiger partial charge in [-0.1, -0.05) is 23.7 Å². The first-order valence-electron chi connectivity index (χ1n) is 10.0. The summed E-state index contributed by atoms with van der Waals surface area (Å²) in [5, 5.41) is 7.80. The quantitative estimate of drug-likeness (QED) is 0.553. The Labute approximate surface area is 168 Å². The summed E-state index contributed by atoms with van der Waals surface area (Å²) in [6, 6.07) is 8.27. The lowest BCUT2D eigenvalue weighted by Gasteiger charge is -2.41. The van der Waals surface area contributed by atoms with Gasteiger partial charge in [-0.2, -0.15) is 0 Å². The third-order valence-corrected chi connectivity index (χ3v) is 6.37. The van der Waals surface area contributed by atoms with Crippen LogP contribution in [0.1, 0.15) is 38.2 Å². The Morgan fingerprint density at radius 2 is 1.93 bits per heavy atom. The van der Waals surface area contributed by atoms with E-state index < -0.39 is 0 Å². The van der Waals surface area contributed by atoms with Crippen molar-refractivity contribution in [3.8, 4) is 0 Å². The van der Waals surface area contributed by atoms with E-state index in [1.54, 1.807) is 0 Å². The van der Waals surface area contributed by atoms with Gasteiger partial charge in [0.2, 0.25) is 0 Å². The number of nitrogens with one attached hydrogen (secondary N) is 2. The van der Waals surface area contributed by atoms with E-state index in [1.165, 1.54) is 18.4 Å². The molecule has 0 aromatic heterocycles. The van der Waals surface area contributed by atoms with Crippen LogP contribution in [0.25, 0.3) is 0 Å². The van der Waals surface area contributed by atoms with Crippen molar-refractivity contribution in [3.05, 3.63) is 34.9 Å². The highest BCUT2D eigenvalue weighted by atomic mass is 35.5. The van der Waals surface area contributed by atoms with Gasteiger partial charge in [0.1, 0.15) is 0 Å². The first kappa shape index (κ1) is 20.4. The molecule has 27 heavy (non-hydrogen) atoms. The lowest BCUT2D eigenvalue weighted by molar-refractivity contribution is -0.00254. The predicted octanol–water partition coefficient (Wildman–Crippen LogP) is 3.04. The Kier molecular flexibility index (Phi) is 6.66. The molecule has 1 aromatic rings. The van der Waals surface area contributed by atoms with Gasteiger partial charge in [-0.15, -0.1) is 0 Å². The van der Waals surface area contributed by atoms with E-state index in [0.29, 0.717) is 0 Å². The second kappa shape index (κ2) is 8.80. The molecule has 2 N–H and O–H groups in total. The minimum absolute atomic E-state index is 0.0881. The molecule has 0 amide bonds. The van der Waals surface area contributed by atoms with Crippen LogP contribution in [0.4, 0.5) is 0 Å². The molecule has 1 aromatic carbocycles. The predicted molar refractivity (Wildman–Crippen MR) is 113 cm³/mol. The topological polar surface area (TPSA) is 48.9 Å². The zero-order valence-electron chi connectivity index (χ0n) is 16.9. The standard InChI is InChI=1S/C21H33ClN4O/c1-4-23-19(25-16-21(26(2)3)10-12-27-13-11-21)24-15-20(8-9-20)17-6-5-7-18(22)14-17/h5-7,14H,4,8-13,15-16H2,1-3H3,(H2,23,24,25). The zero-order chi connectivity index (χ0) is 19.3. The van der Waals surface area contributed by atoms with Crippen LogP contribution in [0.15, 0.2) is 29.3 Å². The molecule has 0 bridgehead atoms. The van der Waals surface area contributed by atoms with Gasteiger partial charge in [-0.25, -0.2) is 0 Å². The fraction of sp³-hybridized carbons (Fsp3) is 0.667. The molecule has 6 heteroatoms. The van der Waals surface area contributed by atoms with E-state index in [2.05, 4.69) is 48.7 Å². The molecule has 0 unspecified atom stereocenters. The lowest BCUT2D eigenvalue weighted by atomic mass is 9.89. The molecule has 0 atom stereocenters. The first-order chi connectivity index (χ1) is 13.0. The third kappa shape index (κ3) is 4.95. The number of hydrogen-bond donors (Lipinski definition) is 2. The van der Waals surface area contributed by atoms with Crippen molar-refractivity contribution < 1.29 is 4.74 Å². The maximum absolute atomic E-state index is 6.20. The minimum atomic E-state index is 0.0881. The molecule has 1 saturated heterocycles. The van der Waals surface area contributed by atoms with E-state index in [9.17, 15) is 0 Å². The fourth-order valence-electron chi connectivity index (χ4n) is 3.86. The van der Waals surface area contributed by atoms with Crippen molar-refractivity contribution in [3.63, 3.8) is 0 Å². The van der Waals surface area contributed by atoms with Crippen molar-refractivity contribution in [1.29, 1.82) is 0 Å². The summed E-state index contributed by atoms with van der Waals surface area (Å²) < 4.78 is 5.57. The molecule has 1 aliphatic heterocycles. The van der Waals surface area contributed by atoms with Crippen molar-refractivity contribution in [2.75, 3.05) is 46.9 Å². The van der Waals surface area contributed by atoms with Gasteiger partial charge in [-0.3, -0.25) is 4.99 Å². The molecular formula is C21H33ClN4O. The molecule has 1 saturated carbocycles. The van der Waals surface area contributed by atoms with Gasteiger partial charge >= 0.3 is 0 Å². The average Bonchev–Trinajstić information content (AvgIpc) is 3.46. The van der Waals surface area contributed by atoms with Gasteiger partial charge < -0.3 is 20.3 Å². The number of hydrogen-bond acceptors (Lipinski definition) is 3. The summed E-state index contributed by atoms with van der Waals surface area (Å²) in [6.45, 7) is 6.26. The summed E-state index contributed by atoms with van der Waals surface area (Å²) in [7, 11) is 4.30. The van der Waals surface area contributed by atoms with Crippen LogP contribution in [0.2, 0.25) is 5.02 Å². The minimum Gasteiger partial charge on any atom is -0.381 e. The number of nitrogens with zero attached hydrogens (tertiary/aromatic N) is 2. The van der Waals surface area contributed by atoms with E-state index >= 15 is 0 Å². The van der Waals surface area contributed by atoms with Gasteiger partial charge in [0.25, 0.3) is 0 Å². The Hall–Kier alpha value is -1.30. The van der Waals surface area contributed by atoms with Crippen molar-refractivity contribution in [2.24, 2.45) is 4.99 Å². The molecule has 1 aliphatic carbocycles. The third-order valence-electron chi connectivity index (χ3n) is 6.13. The number of halogens is 1. The first-order valence-corrected chi connectivity index (χ1v) is 10.4. The van der Waals surface area contributed by atoms with E-state index in [-0.39, 0.29) is 11.0 Å². The number of benzene rings is 1. The molecule has 150 valence electrons. The molecule has 5 nitrogen and oxygen atoms in total. The second-order valence-corrected chi connectivity index (χ2v) is 8.51. The lowest BCUT2D eigenvalue weighted by Crippen LogP contribution is -2.52. The Bertz CT molecular complexity index is 651. The maximum Gasteiger partial charge on any atom is 0.191 e. The summed E-state index contributed by atoms with van der Waals surface area (Å²) in [6.07, 6.45) is 4.43. The van der Waals surface area contributed by atoms with E-state index in [1.807, 2.05) is 12.1 Å². The smallest absolute Gasteiger partial charge is 0.191 e. The van der Waals surface area contributed by atoms with Crippen LogP contribution < -0.4 is 10.6 Å². The Balaban J connectivity index is 1.66. The number of guanidine groups is 1. The molecule has 2 fully saturated rings. The van der Waals surface area contributed by atoms with E-state index in [0.717, 1.165) is 56.7 Å². The van der Waals surface area contributed by atoms with Crippen LogP contribution >= 0.6 is 11.6 Å². The molecule has 2 aliphatic rings.